The highest BCUT2D eigenvalue weighted by molar-refractivity contribution is 4.78. The minimum atomic E-state index is 0.357. The van der Waals surface area contributed by atoms with Gasteiger partial charge >= 0.3 is 0 Å². The van der Waals surface area contributed by atoms with E-state index < -0.39 is 0 Å². The molecule has 0 saturated heterocycles. The molecule has 0 saturated carbocycles. The lowest BCUT2D eigenvalue weighted by molar-refractivity contribution is 0.136. The van der Waals surface area contributed by atoms with Crippen molar-refractivity contribution in [2.24, 2.45) is 17.1 Å². The van der Waals surface area contributed by atoms with Gasteiger partial charge in [-0.15, -0.1) is 0 Å². The largest absolute Gasteiger partial charge is 0.329 e. The fourth-order valence-corrected chi connectivity index (χ4v) is 1.98. The Morgan fingerprint density at radius 2 is 1.79 bits per heavy atom. The van der Waals surface area contributed by atoms with Gasteiger partial charge in [0.1, 0.15) is 0 Å². The van der Waals surface area contributed by atoms with Crippen molar-refractivity contribution in [3.8, 4) is 0 Å². The van der Waals surface area contributed by atoms with E-state index in [1.54, 1.807) is 0 Å². The molecule has 0 fully saturated rings. The number of nitrogens with two attached hydrogens (primary N) is 1. The third-order valence-corrected chi connectivity index (χ3v) is 2.83. The summed E-state index contributed by atoms with van der Waals surface area (Å²) in [5, 5.41) is 0. The molecule has 0 aliphatic carbocycles. The van der Waals surface area contributed by atoms with Crippen LogP contribution in [-0.4, -0.2) is 31.1 Å². The quantitative estimate of drug-likeness (QED) is 0.738. The van der Waals surface area contributed by atoms with Crippen molar-refractivity contribution in [2.45, 2.75) is 47.1 Å². The molecule has 0 rings (SSSR count). The molecule has 0 aliphatic rings. The first-order chi connectivity index (χ1) is 6.31. The van der Waals surface area contributed by atoms with E-state index in [0.29, 0.717) is 17.4 Å². The van der Waals surface area contributed by atoms with Gasteiger partial charge in [-0.25, -0.2) is 0 Å². The number of rotatable bonds is 5. The van der Waals surface area contributed by atoms with Gasteiger partial charge in [-0.3, -0.25) is 0 Å². The summed E-state index contributed by atoms with van der Waals surface area (Å²) in [4.78, 5) is 2.41. The van der Waals surface area contributed by atoms with E-state index in [4.69, 9.17) is 5.73 Å². The molecule has 86 valence electrons. The minimum absolute atomic E-state index is 0.357. The maximum absolute atomic E-state index is 5.83. The molecule has 0 heterocycles. The molecular formula is C12H28N2. The van der Waals surface area contributed by atoms with E-state index in [-0.39, 0.29) is 0 Å². The summed E-state index contributed by atoms with van der Waals surface area (Å²) in [7, 11) is 2.19. The van der Waals surface area contributed by atoms with Gasteiger partial charge in [0, 0.05) is 19.1 Å². The Morgan fingerprint density at radius 3 is 2.07 bits per heavy atom. The second kappa shape index (κ2) is 5.72. The lowest BCUT2D eigenvalue weighted by Crippen LogP contribution is -2.45. The highest BCUT2D eigenvalue weighted by Crippen LogP contribution is 2.19. The molecule has 2 nitrogen and oxygen atoms in total. The van der Waals surface area contributed by atoms with Gasteiger partial charge in [0.15, 0.2) is 0 Å². The zero-order chi connectivity index (χ0) is 11.4. The molecule has 0 aromatic heterocycles. The van der Waals surface area contributed by atoms with Gasteiger partial charge in [-0.05, 0) is 18.4 Å². The molecule has 14 heavy (non-hydrogen) atoms. The van der Waals surface area contributed by atoms with Crippen LogP contribution >= 0.6 is 0 Å². The summed E-state index contributed by atoms with van der Waals surface area (Å²) in [5.74, 6) is 0.687. The first-order valence-corrected chi connectivity index (χ1v) is 5.72. The Labute approximate surface area is 89.9 Å². The highest BCUT2D eigenvalue weighted by Gasteiger charge is 2.22. The minimum Gasteiger partial charge on any atom is -0.329 e. The summed E-state index contributed by atoms with van der Waals surface area (Å²) >= 11 is 0. The van der Waals surface area contributed by atoms with Crippen molar-refractivity contribution in [3.05, 3.63) is 0 Å². The lowest BCUT2D eigenvalue weighted by Gasteiger charge is -2.35. The van der Waals surface area contributed by atoms with Crippen LogP contribution in [0.1, 0.15) is 41.0 Å². The third kappa shape index (κ3) is 4.97. The average Bonchev–Trinajstić information content (AvgIpc) is 2.01. The average molecular weight is 200 g/mol. The van der Waals surface area contributed by atoms with E-state index in [1.807, 2.05) is 0 Å². The van der Waals surface area contributed by atoms with Crippen molar-refractivity contribution in [1.82, 2.24) is 4.90 Å². The van der Waals surface area contributed by atoms with Crippen LogP contribution in [0.5, 0.6) is 0 Å². The second-order valence-electron chi connectivity index (χ2n) is 5.66. The smallest absolute Gasteiger partial charge is 0.0241 e. The molecule has 2 heteroatoms. The molecule has 0 bridgehead atoms. The van der Waals surface area contributed by atoms with Crippen molar-refractivity contribution in [1.29, 1.82) is 0 Å². The van der Waals surface area contributed by atoms with Gasteiger partial charge in [-0.2, -0.15) is 0 Å². The van der Waals surface area contributed by atoms with E-state index in [1.165, 1.54) is 6.42 Å². The lowest BCUT2D eigenvalue weighted by atomic mass is 9.92. The number of nitrogens with zero attached hydrogens (tertiary/aromatic N) is 1. The zero-order valence-electron chi connectivity index (χ0n) is 10.8. The number of likely N-dealkylation sites (N-methyl/N-ethyl adjacent to an activating group) is 1. The molecule has 0 aromatic rings. The Balaban J connectivity index is 4.24. The normalized spacial score (nSPS) is 17.1. The van der Waals surface area contributed by atoms with Crippen molar-refractivity contribution >= 4 is 0 Å². The summed E-state index contributed by atoms with van der Waals surface area (Å²) in [6.07, 6.45) is 1.20. The standard InChI is InChI=1S/C12H28N2/c1-7-10(2)11(8-13)14(6)9-12(3,4)5/h10-11H,7-9,13H2,1-6H3. The van der Waals surface area contributed by atoms with Crippen molar-refractivity contribution < 1.29 is 0 Å². The Kier molecular flexibility index (Phi) is 5.68. The summed E-state index contributed by atoms with van der Waals surface area (Å²) in [6.45, 7) is 13.2. The van der Waals surface area contributed by atoms with Crippen LogP contribution in [0, 0.1) is 11.3 Å². The summed E-state index contributed by atoms with van der Waals surface area (Å²) < 4.78 is 0. The van der Waals surface area contributed by atoms with Crippen LogP contribution in [0.15, 0.2) is 0 Å². The van der Waals surface area contributed by atoms with Crippen LogP contribution < -0.4 is 5.73 Å². The van der Waals surface area contributed by atoms with Gasteiger partial charge in [-0.1, -0.05) is 41.0 Å². The van der Waals surface area contributed by atoms with Crippen LogP contribution in [0.4, 0.5) is 0 Å². The summed E-state index contributed by atoms with van der Waals surface area (Å²) in [6, 6.07) is 0.527. The van der Waals surface area contributed by atoms with Crippen LogP contribution in [0.2, 0.25) is 0 Å². The molecule has 2 atom stereocenters. The fourth-order valence-electron chi connectivity index (χ4n) is 1.98. The second-order valence-corrected chi connectivity index (χ2v) is 5.66. The van der Waals surface area contributed by atoms with Crippen molar-refractivity contribution in [2.75, 3.05) is 20.1 Å². The number of hydrogen-bond donors (Lipinski definition) is 1. The van der Waals surface area contributed by atoms with Crippen LogP contribution in [0.3, 0.4) is 0 Å². The van der Waals surface area contributed by atoms with Gasteiger partial charge in [0.25, 0.3) is 0 Å². The predicted molar refractivity (Wildman–Crippen MR) is 64.4 cm³/mol. The molecule has 0 amide bonds. The van der Waals surface area contributed by atoms with Crippen molar-refractivity contribution in [3.63, 3.8) is 0 Å². The topological polar surface area (TPSA) is 29.3 Å². The summed E-state index contributed by atoms with van der Waals surface area (Å²) in [5.41, 5.74) is 6.18. The van der Waals surface area contributed by atoms with Crippen LogP contribution in [0.25, 0.3) is 0 Å². The van der Waals surface area contributed by atoms with E-state index >= 15 is 0 Å². The Morgan fingerprint density at radius 1 is 1.29 bits per heavy atom. The van der Waals surface area contributed by atoms with Gasteiger partial charge in [0.05, 0.1) is 0 Å². The maximum Gasteiger partial charge on any atom is 0.0241 e. The predicted octanol–water partition coefficient (Wildman–Crippen LogP) is 2.34. The number of hydrogen-bond acceptors (Lipinski definition) is 2. The zero-order valence-corrected chi connectivity index (χ0v) is 10.8. The SMILES string of the molecule is CCC(C)C(CN)N(C)CC(C)(C)C. The molecule has 2 N–H and O–H groups in total. The molecule has 2 unspecified atom stereocenters. The maximum atomic E-state index is 5.83. The third-order valence-electron chi connectivity index (χ3n) is 2.83. The monoisotopic (exact) mass is 200 g/mol. The Bertz CT molecular complexity index is 149. The van der Waals surface area contributed by atoms with E-state index in [0.717, 1.165) is 13.1 Å². The molecule has 0 aliphatic heterocycles. The van der Waals surface area contributed by atoms with Gasteiger partial charge in [0.2, 0.25) is 0 Å². The van der Waals surface area contributed by atoms with Gasteiger partial charge < -0.3 is 10.6 Å². The molecular weight excluding hydrogens is 172 g/mol. The highest BCUT2D eigenvalue weighted by atomic mass is 15.1. The van der Waals surface area contributed by atoms with Crippen LogP contribution in [-0.2, 0) is 0 Å². The van der Waals surface area contributed by atoms with E-state index in [9.17, 15) is 0 Å². The fraction of sp³-hybridized carbons (Fsp3) is 1.00. The molecule has 0 spiro atoms. The molecule has 0 radical (unpaired) electrons. The molecule has 0 aromatic carbocycles. The Hall–Kier alpha value is -0.0800. The first-order valence-electron chi connectivity index (χ1n) is 5.72. The van der Waals surface area contributed by atoms with E-state index in [2.05, 4.69) is 46.6 Å². The first kappa shape index (κ1) is 13.9.